The van der Waals surface area contributed by atoms with Crippen molar-refractivity contribution < 1.29 is 9.53 Å². The molecule has 0 aliphatic rings. The van der Waals surface area contributed by atoms with Crippen LogP contribution in [0.4, 0.5) is 9.93 Å². The SMILES string of the molecule is CC(C)COC(=O)Nc1nc(-c2cccs2)cs1. The molecular weight excluding hydrogens is 268 g/mol. The lowest BCUT2D eigenvalue weighted by atomic mass is 10.2. The molecule has 0 saturated carbocycles. The van der Waals surface area contributed by atoms with E-state index in [1.807, 2.05) is 36.7 Å². The van der Waals surface area contributed by atoms with Crippen LogP contribution in [-0.2, 0) is 4.74 Å². The normalized spacial score (nSPS) is 10.6. The summed E-state index contributed by atoms with van der Waals surface area (Å²) >= 11 is 3.02. The molecule has 1 N–H and O–H groups in total. The summed E-state index contributed by atoms with van der Waals surface area (Å²) in [4.78, 5) is 16.9. The molecule has 0 aromatic carbocycles. The third-order valence-electron chi connectivity index (χ3n) is 2.03. The van der Waals surface area contributed by atoms with Crippen molar-refractivity contribution >= 4 is 33.9 Å². The van der Waals surface area contributed by atoms with Gasteiger partial charge in [-0.3, -0.25) is 5.32 Å². The minimum absolute atomic E-state index is 0.328. The van der Waals surface area contributed by atoms with Crippen molar-refractivity contribution in [3.05, 3.63) is 22.9 Å². The Kier molecular flexibility index (Phi) is 4.33. The Labute approximate surface area is 114 Å². The van der Waals surface area contributed by atoms with Gasteiger partial charge in [-0.05, 0) is 17.4 Å². The van der Waals surface area contributed by atoms with Crippen LogP contribution in [0.3, 0.4) is 0 Å². The van der Waals surface area contributed by atoms with Gasteiger partial charge in [0, 0.05) is 5.38 Å². The number of rotatable bonds is 4. The van der Waals surface area contributed by atoms with Crippen LogP contribution in [-0.4, -0.2) is 17.7 Å². The van der Waals surface area contributed by atoms with Crippen LogP contribution in [0.2, 0.25) is 0 Å². The fourth-order valence-electron chi connectivity index (χ4n) is 1.23. The molecule has 2 heterocycles. The lowest BCUT2D eigenvalue weighted by Gasteiger charge is -2.06. The molecule has 0 fully saturated rings. The molecule has 0 bridgehead atoms. The molecule has 0 saturated heterocycles. The third-order valence-corrected chi connectivity index (χ3v) is 3.68. The summed E-state index contributed by atoms with van der Waals surface area (Å²) in [6.07, 6.45) is -0.448. The molecule has 96 valence electrons. The van der Waals surface area contributed by atoms with Gasteiger partial charge in [0.25, 0.3) is 0 Å². The number of aromatic nitrogens is 1. The van der Waals surface area contributed by atoms with Gasteiger partial charge in [-0.1, -0.05) is 19.9 Å². The fraction of sp³-hybridized carbons (Fsp3) is 0.333. The number of nitrogens with zero attached hydrogens (tertiary/aromatic N) is 1. The Balaban J connectivity index is 1.93. The first kappa shape index (κ1) is 13.0. The van der Waals surface area contributed by atoms with Crippen molar-refractivity contribution in [2.45, 2.75) is 13.8 Å². The van der Waals surface area contributed by atoms with Gasteiger partial charge in [-0.25, -0.2) is 9.78 Å². The van der Waals surface area contributed by atoms with Crippen molar-refractivity contribution in [2.24, 2.45) is 5.92 Å². The Morgan fingerprint density at radius 2 is 2.33 bits per heavy atom. The molecule has 0 aliphatic carbocycles. The summed E-state index contributed by atoms with van der Waals surface area (Å²) in [5, 5.41) is 7.11. The quantitative estimate of drug-likeness (QED) is 0.919. The van der Waals surface area contributed by atoms with E-state index in [0.717, 1.165) is 10.6 Å². The summed E-state index contributed by atoms with van der Waals surface area (Å²) in [6, 6.07) is 3.98. The molecule has 2 aromatic heterocycles. The van der Waals surface area contributed by atoms with Gasteiger partial charge in [0.2, 0.25) is 0 Å². The Morgan fingerprint density at radius 1 is 1.50 bits per heavy atom. The van der Waals surface area contributed by atoms with Crippen LogP contribution >= 0.6 is 22.7 Å². The lowest BCUT2D eigenvalue weighted by molar-refractivity contribution is 0.147. The van der Waals surface area contributed by atoms with E-state index in [4.69, 9.17) is 4.74 Å². The van der Waals surface area contributed by atoms with E-state index in [1.165, 1.54) is 11.3 Å². The summed E-state index contributed by atoms with van der Waals surface area (Å²) in [7, 11) is 0. The van der Waals surface area contributed by atoms with E-state index in [0.29, 0.717) is 17.7 Å². The highest BCUT2D eigenvalue weighted by Crippen LogP contribution is 2.28. The molecule has 6 heteroatoms. The zero-order valence-electron chi connectivity index (χ0n) is 10.2. The van der Waals surface area contributed by atoms with E-state index >= 15 is 0 Å². The number of thiophene rings is 1. The summed E-state index contributed by atoms with van der Waals surface area (Å²) in [6.45, 7) is 4.39. The van der Waals surface area contributed by atoms with Crippen molar-refractivity contribution in [2.75, 3.05) is 11.9 Å². The first-order chi connectivity index (χ1) is 8.65. The number of hydrogen-bond donors (Lipinski definition) is 1. The number of thiazole rings is 1. The van der Waals surface area contributed by atoms with Crippen LogP contribution in [0.5, 0.6) is 0 Å². The van der Waals surface area contributed by atoms with Crippen molar-refractivity contribution in [1.82, 2.24) is 4.98 Å². The molecule has 4 nitrogen and oxygen atoms in total. The number of nitrogens with one attached hydrogen (secondary N) is 1. The van der Waals surface area contributed by atoms with E-state index < -0.39 is 6.09 Å². The fourth-order valence-corrected chi connectivity index (χ4v) is 2.69. The molecule has 0 radical (unpaired) electrons. The molecule has 0 spiro atoms. The molecular formula is C12H14N2O2S2. The second kappa shape index (κ2) is 5.97. The number of anilines is 1. The predicted molar refractivity (Wildman–Crippen MR) is 75.2 cm³/mol. The Morgan fingerprint density at radius 3 is 3.00 bits per heavy atom. The second-order valence-corrected chi connectivity index (χ2v) is 5.94. The van der Waals surface area contributed by atoms with Crippen LogP contribution in [0.15, 0.2) is 22.9 Å². The van der Waals surface area contributed by atoms with E-state index in [-0.39, 0.29) is 0 Å². The Hall–Kier alpha value is -1.40. The highest BCUT2D eigenvalue weighted by atomic mass is 32.1. The maximum Gasteiger partial charge on any atom is 0.413 e. The summed E-state index contributed by atoms with van der Waals surface area (Å²) in [5.41, 5.74) is 0.883. The molecule has 18 heavy (non-hydrogen) atoms. The van der Waals surface area contributed by atoms with E-state index in [2.05, 4.69) is 10.3 Å². The molecule has 0 aliphatic heterocycles. The van der Waals surface area contributed by atoms with Gasteiger partial charge < -0.3 is 4.74 Å². The van der Waals surface area contributed by atoms with Crippen LogP contribution in [0.1, 0.15) is 13.8 Å². The van der Waals surface area contributed by atoms with Gasteiger partial charge in [-0.2, -0.15) is 0 Å². The van der Waals surface area contributed by atoms with Gasteiger partial charge >= 0.3 is 6.09 Å². The van der Waals surface area contributed by atoms with Gasteiger partial charge in [0.1, 0.15) is 0 Å². The van der Waals surface area contributed by atoms with Crippen LogP contribution in [0.25, 0.3) is 10.6 Å². The summed E-state index contributed by atoms with van der Waals surface area (Å²) < 4.78 is 5.03. The topological polar surface area (TPSA) is 51.2 Å². The van der Waals surface area contributed by atoms with E-state index in [1.54, 1.807) is 11.3 Å². The van der Waals surface area contributed by atoms with Crippen molar-refractivity contribution in [3.8, 4) is 10.6 Å². The minimum Gasteiger partial charge on any atom is -0.449 e. The van der Waals surface area contributed by atoms with E-state index in [9.17, 15) is 4.79 Å². The number of amides is 1. The van der Waals surface area contributed by atoms with Crippen molar-refractivity contribution in [1.29, 1.82) is 0 Å². The monoisotopic (exact) mass is 282 g/mol. The standard InChI is InChI=1S/C12H14N2O2S2/c1-8(2)6-16-12(15)14-11-13-9(7-18-11)10-4-3-5-17-10/h3-5,7-8H,6H2,1-2H3,(H,13,14,15). The molecule has 2 rings (SSSR count). The zero-order valence-corrected chi connectivity index (χ0v) is 11.8. The molecule has 1 amide bonds. The smallest absolute Gasteiger partial charge is 0.413 e. The minimum atomic E-state index is -0.448. The molecule has 2 aromatic rings. The average molecular weight is 282 g/mol. The number of hydrogen-bond acceptors (Lipinski definition) is 5. The van der Waals surface area contributed by atoms with Crippen LogP contribution < -0.4 is 5.32 Å². The van der Waals surface area contributed by atoms with Gasteiger partial charge in [0.15, 0.2) is 5.13 Å². The Bertz CT molecular complexity index is 506. The molecule has 0 atom stereocenters. The highest BCUT2D eigenvalue weighted by Gasteiger charge is 2.09. The molecule has 0 unspecified atom stereocenters. The number of carbonyl (C=O) groups is 1. The van der Waals surface area contributed by atoms with Crippen LogP contribution in [0, 0.1) is 5.92 Å². The number of carbonyl (C=O) groups excluding carboxylic acids is 1. The zero-order chi connectivity index (χ0) is 13.0. The first-order valence-corrected chi connectivity index (χ1v) is 7.34. The maximum absolute atomic E-state index is 11.4. The lowest BCUT2D eigenvalue weighted by Crippen LogP contribution is -2.16. The largest absolute Gasteiger partial charge is 0.449 e. The van der Waals surface area contributed by atoms with Gasteiger partial charge in [0.05, 0.1) is 17.2 Å². The summed E-state index contributed by atoms with van der Waals surface area (Å²) in [5.74, 6) is 0.328. The van der Waals surface area contributed by atoms with Crippen molar-refractivity contribution in [3.63, 3.8) is 0 Å². The predicted octanol–water partition coefficient (Wildman–Crippen LogP) is 4.08. The first-order valence-electron chi connectivity index (χ1n) is 5.58. The third kappa shape index (κ3) is 3.54. The highest BCUT2D eigenvalue weighted by molar-refractivity contribution is 7.16. The van der Waals surface area contributed by atoms with Gasteiger partial charge in [-0.15, -0.1) is 22.7 Å². The number of ether oxygens (including phenoxy) is 1. The average Bonchev–Trinajstić information content (AvgIpc) is 2.95. The maximum atomic E-state index is 11.4. The second-order valence-electron chi connectivity index (χ2n) is 4.13.